The first kappa shape index (κ1) is 28.9. The first-order valence-electron chi connectivity index (χ1n) is 12.8. The van der Waals surface area contributed by atoms with Crippen LogP contribution in [0.15, 0.2) is 84.9 Å². The lowest BCUT2D eigenvalue weighted by Gasteiger charge is -2.34. The van der Waals surface area contributed by atoms with Gasteiger partial charge >= 0.3 is 0 Å². The second-order valence-electron chi connectivity index (χ2n) is 9.58. The van der Waals surface area contributed by atoms with Crippen molar-refractivity contribution in [1.82, 2.24) is 10.2 Å². The molecule has 0 aliphatic heterocycles. The summed E-state index contributed by atoms with van der Waals surface area (Å²) < 4.78 is 26.6. The Balaban J connectivity index is 2.05. The monoisotopic (exact) mass is 535 g/mol. The van der Waals surface area contributed by atoms with Gasteiger partial charge in [0.15, 0.2) is 0 Å². The molecule has 0 heterocycles. The van der Waals surface area contributed by atoms with Gasteiger partial charge in [0.05, 0.1) is 11.9 Å². The Hall–Kier alpha value is -3.65. The predicted molar refractivity (Wildman–Crippen MR) is 152 cm³/mol. The van der Waals surface area contributed by atoms with Crippen LogP contribution in [-0.4, -0.2) is 50.0 Å². The van der Waals surface area contributed by atoms with E-state index in [9.17, 15) is 18.0 Å². The van der Waals surface area contributed by atoms with E-state index in [1.807, 2.05) is 75.4 Å². The summed E-state index contributed by atoms with van der Waals surface area (Å²) in [5.41, 5.74) is 3.17. The third-order valence-corrected chi connectivity index (χ3v) is 7.74. The topological polar surface area (TPSA) is 86.8 Å². The van der Waals surface area contributed by atoms with E-state index >= 15 is 0 Å². The van der Waals surface area contributed by atoms with E-state index in [-0.39, 0.29) is 18.5 Å². The lowest BCUT2D eigenvalue weighted by molar-refractivity contribution is -0.140. The van der Waals surface area contributed by atoms with E-state index in [1.54, 1.807) is 30.3 Å². The van der Waals surface area contributed by atoms with Crippen molar-refractivity contribution in [2.24, 2.45) is 0 Å². The standard InChI is InChI=1S/C30H37N3O4S/c1-5-24(3)31-30(35)28(20-25-15-8-6-9-16-25)32(21-26-17-13-12-14-23(26)2)29(34)22-33(38(4,36)37)27-18-10-7-11-19-27/h6-19,24,28H,5,20-22H2,1-4H3,(H,31,35)/t24-,28-/m0/s1. The molecular formula is C30H37N3O4S. The van der Waals surface area contributed by atoms with Crippen molar-refractivity contribution >= 4 is 27.5 Å². The summed E-state index contributed by atoms with van der Waals surface area (Å²) in [6.07, 6.45) is 2.12. The van der Waals surface area contributed by atoms with Crippen LogP contribution in [0.25, 0.3) is 0 Å². The molecule has 38 heavy (non-hydrogen) atoms. The molecule has 1 N–H and O–H groups in total. The van der Waals surface area contributed by atoms with Gasteiger partial charge < -0.3 is 10.2 Å². The normalized spacial score (nSPS) is 12.8. The molecule has 202 valence electrons. The van der Waals surface area contributed by atoms with Gasteiger partial charge in [-0.15, -0.1) is 0 Å². The van der Waals surface area contributed by atoms with Gasteiger partial charge in [-0.1, -0.05) is 79.7 Å². The number of hydrogen-bond acceptors (Lipinski definition) is 4. The summed E-state index contributed by atoms with van der Waals surface area (Å²) in [7, 11) is -3.77. The van der Waals surface area contributed by atoms with Crippen LogP contribution in [0, 0.1) is 6.92 Å². The lowest BCUT2D eigenvalue weighted by atomic mass is 10.0. The summed E-state index contributed by atoms with van der Waals surface area (Å²) in [6, 6.07) is 24.8. The molecule has 3 rings (SSSR count). The average molecular weight is 536 g/mol. The number of nitrogens with one attached hydrogen (secondary N) is 1. The van der Waals surface area contributed by atoms with Gasteiger partial charge in [-0.3, -0.25) is 13.9 Å². The third-order valence-electron chi connectivity index (χ3n) is 6.60. The number of benzene rings is 3. The molecule has 0 unspecified atom stereocenters. The van der Waals surface area contributed by atoms with E-state index in [1.165, 1.54) is 4.90 Å². The van der Waals surface area contributed by atoms with Gasteiger partial charge in [-0.05, 0) is 49.1 Å². The van der Waals surface area contributed by atoms with Gasteiger partial charge in [0.1, 0.15) is 12.6 Å². The highest BCUT2D eigenvalue weighted by Crippen LogP contribution is 2.21. The number of sulfonamides is 1. The van der Waals surface area contributed by atoms with Crippen LogP contribution in [0.4, 0.5) is 5.69 Å². The Morgan fingerprint density at radius 2 is 1.47 bits per heavy atom. The molecule has 0 radical (unpaired) electrons. The fourth-order valence-electron chi connectivity index (χ4n) is 4.17. The third kappa shape index (κ3) is 7.92. The van der Waals surface area contributed by atoms with Crippen LogP contribution >= 0.6 is 0 Å². The second-order valence-corrected chi connectivity index (χ2v) is 11.5. The van der Waals surface area contributed by atoms with E-state index in [4.69, 9.17) is 0 Å². The molecule has 0 spiro atoms. The molecule has 3 aromatic rings. The molecule has 0 saturated carbocycles. The Bertz CT molecular complexity index is 1310. The highest BCUT2D eigenvalue weighted by molar-refractivity contribution is 7.92. The zero-order valence-electron chi connectivity index (χ0n) is 22.5. The highest BCUT2D eigenvalue weighted by Gasteiger charge is 2.33. The van der Waals surface area contributed by atoms with E-state index in [0.29, 0.717) is 12.1 Å². The Kier molecular flexibility index (Phi) is 10.1. The molecule has 0 bridgehead atoms. The summed E-state index contributed by atoms with van der Waals surface area (Å²) >= 11 is 0. The molecule has 2 amide bonds. The Morgan fingerprint density at radius 3 is 2.05 bits per heavy atom. The first-order chi connectivity index (χ1) is 18.1. The van der Waals surface area contributed by atoms with Crippen LogP contribution in [-0.2, 0) is 32.6 Å². The number of carbonyl (C=O) groups is 2. The second kappa shape index (κ2) is 13.2. The van der Waals surface area contributed by atoms with Crippen LogP contribution < -0.4 is 9.62 Å². The molecule has 0 fully saturated rings. The number of para-hydroxylation sites is 1. The predicted octanol–water partition coefficient (Wildman–Crippen LogP) is 4.32. The van der Waals surface area contributed by atoms with Gasteiger partial charge in [-0.2, -0.15) is 0 Å². The van der Waals surface area contributed by atoms with Gasteiger partial charge in [0.2, 0.25) is 21.8 Å². The number of anilines is 1. The largest absolute Gasteiger partial charge is 0.352 e. The van der Waals surface area contributed by atoms with Gasteiger partial charge in [-0.25, -0.2) is 8.42 Å². The SMILES string of the molecule is CC[C@H](C)NC(=O)[C@H](Cc1ccccc1)N(Cc1ccccc1C)C(=O)CN(c1ccccc1)S(C)(=O)=O. The zero-order valence-corrected chi connectivity index (χ0v) is 23.3. The van der Waals surface area contributed by atoms with Crippen molar-refractivity contribution in [1.29, 1.82) is 0 Å². The van der Waals surface area contributed by atoms with Crippen LogP contribution in [0.5, 0.6) is 0 Å². The number of nitrogens with zero attached hydrogens (tertiary/aromatic N) is 2. The quantitative estimate of drug-likeness (QED) is 0.374. The molecule has 7 nitrogen and oxygen atoms in total. The van der Waals surface area contributed by atoms with Crippen molar-refractivity contribution < 1.29 is 18.0 Å². The average Bonchev–Trinajstić information content (AvgIpc) is 2.90. The zero-order chi connectivity index (χ0) is 27.7. The molecule has 0 aromatic heterocycles. The maximum atomic E-state index is 14.0. The maximum Gasteiger partial charge on any atom is 0.244 e. The summed E-state index contributed by atoms with van der Waals surface area (Å²) in [5, 5.41) is 3.04. The first-order valence-corrected chi connectivity index (χ1v) is 14.7. The molecule has 0 aliphatic rings. The van der Waals surface area contributed by atoms with Gasteiger partial charge in [0.25, 0.3) is 0 Å². The van der Waals surface area contributed by atoms with Crippen molar-refractivity contribution in [3.05, 3.63) is 102 Å². The lowest BCUT2D eigenvalue weighted by Crippen LogP contribution is -2.54. The van der Waals surface area contributed by atoms with Crippen molar-refractivity contribution in [3.63, 3.8) is 0 Å². The van der Waals surface area contributed by atoms with Crippen molar-refractivity contribution in [2.75, 3.05) is 17.1 Å². The number of aryl methyl sites for hydroxylation is 1. The van der Waals surface area contributed by atoms with Crippen molar-refractivity contribution in [3.8, 4) is 0 Å². The van der Waals surface area contributed by atoms with E-state index in [0.717, 1.165) is 33.7 Å². The molecule has 8 heteroatoms. The van der Waals surface area contributed by atoms with Crippen molar-refractivity contribution in [2.45, 2.75) is 52.2 Å². The fraction of sp³-hybridized carbons (Fsp3) is 0.333. The Labute approximate surface area is 226 Å². The minimum absolute atomic E-state index is 0.0759. The minimum atomic E-state index is -3.77. The summed E-state index contributed by atoms with van der Waals surface area (Å²) in [6.45, 7) is 5.61. The molecule has 3 aromatic carbocycles. The Morgan fingerprint density at radius 1 is 0.895 bits per heavy atom. The number of amides is 2. The molecule has 0 aliphatic carbocycles. The number of carbonyl (C=O) groups excluding carboxylic acids is 2. The minimum Gasteiger partial charge on any atom is -0.352 e. The van der Waals surface area contributed by atoms with E-state index in [2.05, 4.69) is 5.32 Å². The van der Waals surface area contributed by atoms with Crippen LogP contribution in [0.1, 0.15) is 37.0 Å². The summed E-state index contributed by atoms with van der Waals surface area (Å²) in [4.78, 5) is 29.2. The van der Waals surface area contributed by atoms with Gasteiger partial charge in [0, 0.05) is 19.0 Å². The van der Waals surface area contributed by atoms with Crippen LogP contribution in [0.3, 0.4) is 0 Å². The number of rotatable bonds is 12. The number of hydrogen-bond donors (Lipinski definition) is 1. The molecular weight excluding hydrogens is 498 g/mol. The summed E-state index contributed by atoms with van der Waals surface area (Å²) in [5.74, 6) is -0.724. The molecule has 0 saturated heterocycles. The van der Waals surface area contributed by atoms with Crippen LogP contribution in [0.2, 0.25) is 0 Å². The fourth-order valence-corrected chi connectivity index (χ4v) is 5.02. The molecule has 2 atom stereocenters. The smallest absolute Gasteiger partial charge is 0.244 e. The maximum absolute atomic E-state index is 14.0. The highest BCUT2D eigenvalue weighted by atomic mass is 32.2. The van der Waals surface area contributed by atoms with E-state index < -0.39 is 28.5 Å².